The first-order valence-corrected chi connectivity index (χ1v) is 2.80. The number of carbonyl (C=O) groups excluding carboxylic acids is 1. The van der Waals surface area contributed by atoms with Gasteiger partial charge in [0.2, 0.25) is 5.91 Å². The van der Waals surface area contributed by atoms with Crippen molar-refractivity contribution in [2.24, 2.45) is 16.8 Å². The van der Waals surface area contributed by atoms with Gasteiger partial charge in [0.25, 0.3) is 0 Å². The Kier molecular flexibility index (Phi) is 10.7. The van der Waals surface area contributed by atoms with Gasteiger partial charge in [0.05, 0.1) is 5.92 Å². The monoisotopic (exact) mass is 217 g/mol. The number of carbonyl (C=O) groups is 1. The standard InChI is InChI=1S/C5H9N3O.2ClH.H2O/c1-3-4(2-6)5(9)8-7-3;;;/h4H,2,6H2,1H3,(H,8,9);2*1H;1H2. The number of nitrogens with two attached hydrogens (primary N) is 1. The van der Waals surface area contributed by atoms with Crippen molar-refractivity contribution in [1.82, 2.24) is 5.43 Å². The highest BCUT2D eigenvalue weighted by atomic mass is 35.5. The van der Waals surface area contributed by atoms with E-state index >= 15 is 0 Å². The smallest absolute Gasteiger partial charge is 0.250 e. The zero-order valence-corrected chi connectivity index (χ0v) is 8.17. The molecule has 0 aromatic rings. The van der Waals surface area contributed by atoms with E-state index in [0.29, 0.717) is 6.54 Å². The third-order valence-electron chi connectivity index (χ3n) is 1.40. The molecule has 0 spiro atoms. The maximum Gasteiger partial charge on any atom is 0.250 e. The highest BCUT2D eigenvalue weighted by molar-refractivity contribution is 6.07. The van der Waals surface area contributed by atoms with Gasteiger partial charge in [-0.3, -0.25) is 4.79 Å². The fourth-order valence-corrected chi connectivity index (χ4v) is 0.766. The minimum absolute atomic E-state index is 0. The molecular weight excluding hydrogens is 205 g/mol. The van der Waals surface area contributed by atoms with Crippen LogP contribution in [0.2, 0.25) is 0 Å². The van der Waals surface area contributed by atoms with Crippen LogP contribution in [0.3, 0.4) is 0 Å². The number of nitrogens with zero attached hydrogens (tertiary/aromatic N) is 1. The molecule has 0 bridgehead atoms. The van der Waals surface area contributed by atoms with Gasteiger partial charge in [0, 0.05) is 12.3 Å². The number of amides is 1. The summed E-state index contributed by atoms with van der Waals surface area (Å²) in [4.78, 5) is 10.7. The Bertz CT molecular complexity index is 174. The third-order valence-corrected chi connectivity index (χ3v) is 1.40. The van der Waals surface area contributed by atoms with Crippen LogP contribution in [0.25, 0.3) is 0 Å². The lowest BCUT2D eigenvalue weighted by Crippen LogP contribution is -2.29. The van der Waals surface area contributed by atoms with Gasteiger partial charge in [0.15, 0.2) is 0 Å². The van der Waals surface area contributed by atoms with Crippen molar-refractivity contribution in [3.8, 4) is 0 Å². The summed E-state index contributed by atoms with van der Waals surface area (Å²) in [6.07, 6.45) is 0. The molecule has 5 nitrogen and oxygen atoms in total. The predicted molar refractivity (Wildman–Crippen MR) is 51.9 cm³/mol. The van der Waals surface area contributed by atoms with Crippen LogP contribution in [0, 0.1) is 5.92 Å². The summed E-state index contributed by atoms with van der Waals surface area (Å²) in [5, 5.41) is 3.71. The van der Waals surface area contributed by atoms with E-state index in [0.717, 1.165) is 5.71 Å². The molecule has 1 heterocycles. The lowest BCUT2D eigenvalue weighted by Gasteiger charge is -1.99. The maximum atomic E-state index is 10.7. The summed E-state index contributed by atoms with van der Waals surface area (Å²) in [7, 11) is 0. The normalized spacial score (nSPS) is 19.3. The average Bonchev–Trinajstić information content (AvgIpc) is 2.12. The van der Waals surface area contributed by atoms with Gasteiger partial charge in [-0.25, -0.2) is 5.43 Å². The molecule has 0 aromatic carbocycles. The third kappa shape index (κ3) is 3.36. The van der Waals surface area contributed by atoms with Crippen LogP contribution in [-0.2, 0) is 4.79 Å². The molecule has 1 rings (SSSR count). The van der Waals surface area contributed by atoms with Crippen molar-refractivity contribution in [1.29, 1.82) is 0 Å². The van der Waals surface area contributed by atoms with E-state index in [4.69, 9.17) is 5.73 Å². The van der Waals surface area contributed by atoms with Crippen LogP contribution in [-0.4, -0.2) is 23.6 Å². The first-order valence-electron chi connectivity index (χ1n) is 2.80. The SMILES string of the molecule is CC1=NNC(=O)C1CN.Cl.Cl.O. The number of hydrazone groups is 1. The van der Waals surface area contributed by atoms with Gasteiger partial charge >= 0.3 is 0 Å². The van der Waals surface area contributed by atoms with Crippen LogP contribution in [0.5, 0.6) is 0 Å². The van der Waals surface area contributed by atoms with Crippen LogP contribution in [0.1, 0.15) is 6.92 Å². The maximum absolute atomic E-state index is 10.7. The average molecular weight is 218 g/mol. The lowest BCUT2D eigenvalue weighted by atomic mass is 10.1. The van der Waals surface area contributed by atoms with Crippen molar-refractivity contribution >= 4 is 36.4 Å². The van der Waals surface area contributed by atoms with Gasteiger partial charge < -0.3 is 11.2 Å². The Morgan fingerprint density at radius 1 is 1.58 bits per heavy atom. The van der Waals surface area contributed by atoms with Crippen molar-refractivity contribution in [2.75, 3.05) is 6.54 Å². The summed E-state index contributed by atoms with van der Waals surface area (Å²) in [5.74, 6) is -0.278. The van der Waals surface area contributed by atoms with E-state index in [1.165, 1.54) is 0 Å². The van der Waals surface area contributed by atoms with E-state index in [1.807, 2.05) is 0 Å². The molecular formula is C5H13Cl2N3O2. The number of hydrogen-bond donors (Lipinski definition) is 2. The first-order chi connectivity index (χ1) is 4.25. The Morgan fingerprint density at radius 3 is 2.25 bits per heavy atom. The summed E-state index contributed by atoms with van der Waals surface area (Å²) in [6.45, 7) is 2.14. The second-order valence-electron chi connectivity index (χ2n) is 2.02. The van der Waals surface area contributed by atoms with E-state index in [-0.39, 0.29) is 42.1 Å². The zero-order valence-electron chi connectivity index (χ0n) is 6.53. The van der Waals surface area contributed by atoms with Gasteiger partial charge in [-0.15, -0.1) is 24.8 Å². The first kappa shape index (κ1) is 17.7. The Labute approximate surface area is 82.9 Å². The van der Waals surface area contributed by atoms with Crippen LogP contribution in [0.15, 0.2) is 5.10 Å². The predicted octanol–water partition coefficient (Wildman–Crippen LogP) is -0.914. The van der Waals surface area contributed by atoms with Gasteiger partial charge in [0.1, 0.15) is 0 Å². The summed E-state index contributed by atoms with van der Waals surface area (Å²) < 4.78 is 0. The largest absolute Gasteiger partial charge is 0.412 e. The van der Waals surface area contributed by atoms with Crippen molar-refractivity contribution in [2.45, 2.75) is 6.92 Å². The van der Waals surface area contributed by atoms with Crippen LogP contribution >= 0.6 is 24.8 Å². The molecule has 0 aliphatic carbocycles. The minimum atomic E-state index is -0.190. The molecule has 0 saturated carbocycles. The molecule has 1 aliphatic heterocycles. The van der Waals surface area contributed by atoms with Gasteiger partial charge in [-0.05, 0) is 6.92 Å². The van der Waals surface area contributed by atoms with Crippen LogP contribution < -0.4 is 11.2 Å². The lowest BCUT2D eigenvalue weighted by molar-refractivity contribution is -0.121. The van der Waals surface area contributed by atoms with Crippen molar-refractivity contribution in [3.63, 3.8) is 0 Å². The highest BCUT2D eigenvalue weighted by Crippen LogP contribution is 2.03. The zero-order chi connectivity index (χ0) is 6.85. The topological polar surface area (TPSA) is 99.0 Å². The summed E-state index contributed by atoms with van der Waals surface area (Å²) >= 11 is 0. The number of rotatable bonds is 1. The van der Waals surface area contributed by atoms with E-state index < -0.39 is 0 Å². The molecule has 12 heavy (non-hydrogen) atoms. The summed E-state index contributed by atoms with van der Waals surface area (Å²) in [5.41, 5.74) is 8.39. The summed E-state index contributed by atoms with van der Waals surface area (Å²) in [6, 6.07) is 0. The molecule has 5 N–H and O–H groups in total. The number of halogens is 2. The van der Waals surface area contributed by atoms with Crippen molar-refractivity contribution in [3.05, 3.63) is 0 Å². The molecule has 1 aliphatic rings. The van der Waals surface area contributed by atoms with Crippen LogP contribution in [0.4, 0.5) is 0 Å². The Balaban J connectivity index is -0.000000270. The fraction of sp³-hybridized carbons (Fsp3) is 0.600. The molecule has 7 heteroatoms. The molecule has 1 amide bonds. The quantitative estimate of drug-likeness (QED) is 0.595. The minimum Gasteiger partial charge on any atom is -0.412 e. The Morgan fingerprint density at radius 2 is 2.08 bits per heavy atom. The molecule has 74 valence electrons. The van der Waals surface area contributed by atoms with E-state index in [1.54, 1.807) is 6.92 Å². The molecule has 0 fully saturated rings. The van der Waals surface area contributed by atoms with E-state index in [9.17, 15) is 4.79 Å². The molecule has 0 saturated heterocycles. The number of hydrogen-bond acceptors (Lipinski definition) is 3. The van der Waals surface area contributed by atoms with Gasteiger partial charge in [-0.2, -0.15) is 5.10 Å². The highest BCUT2D eigenvalue weighted by Gasteiger charge is 2.24. The number of nitrogens with one attached hydrogen (secondary N) is 1. The van der Waals surface area contributed by atoms with Gasteiger partial charge in [-0.1, -0.05) is 0 Å². The van der Waals surface area contributed by atoms with E-state index in [2.05, 4.69) is 10.5 Å². The molecule has 1 unspecified atom stereocenters. The molecule has 1 atom stereocenters. The van der Waals surface area contributed by atoms with Crippen molar-refractivity contribution < 1.29 is 10.3 Å². The second kappa shape index (κ2) is 7.30. The fourth-order valence-electron chi connectivity index (χ4n) is 0.766. The second-order valence-corrected chi connectivity index (χ2v) is 2.02. The Hall–Kier alpha value is -0.360. The molecule has 0 radical (unpaired) electrons. The molecule has 0 aromatic heterocycles.